The van der Waals surface area contributed by atoms with Gasteiger partial charge in [0.15, 0.2) is 17.3 Å². The number of nitrogens with two attached hydrogens (primary N) is 1. The van der Waals surface area contributed by atoms with Gasteiger partial charge in [-0.2, -0.15) is 41.1 Å². The van der Waals surface area contributed by atoms with Crippen LogP contribution in [-0.2, 0) is 17.7 Å². The van der Waals surface area contributed by atoms with Gasteiger partial charge in [0.1, 0.15) is 5.54 Å². The van der Waals surface area contributed by atoms with Gasteiger partial charge in [0.25, 0.3) is 5.91 Å². The lowest BCUT2D eigenvalue weighted by atomic mass is 10.0. The molecular formula is C24H20ClF7N6O4. The van der Waals surface area contributed by atoms with Crippen LogP contribution in [0.15, 0.2) is 29.4 Å². The van der Waals surface area contributed by atoms with Crippen molar-refractivity contribution in [2.75, 3.05) is 6.61 Å². The van der Waals surface area contributed by atoms with Gasteiger partial charge in [-0.25, -0.2) is 19.4 Å². The van der Waals surface area contributed by atoms with Crippen LogP contribution in [-0.4, -0.2) is 57.8 Å². The maximum atomic E-state index is 14.0. The Bertz CT molecular complexity index is 1480. The van der Waals surface area contributed by atoms with Crippen LogP contribution in [0.3, 0.4) is 0 Å². The Morgan fingerprint density at radius 1 is 1.31 bits per heavy atom. The molecule has 1 aromatic carbocycles. The summed E-state index contributed by atoms with van der Waals surface area (Å²) in [5.41, 5.74) is 1.69. The van der Waals surface area contributed by atoms with Crippen molar-refractivity contribution in [2.24, 2.45) is 17.8 Å². The zero-order valence-corrected chi connectivity index (χ0v) is 22.3. The first-order valence-corrected chi connectivity index (χ1v) is 12.1. The van der Waals surface area contributed by atoms with E-state index >= 15 is 0 Å². The molecule has 0 unspecified atom stereocenters. The normalized spacial score (nSPS) is 15.0. The Morgan fingerprint density at radius 2 is 1.95 bits per heavy atom. The number of nitrogens with zero attached hydrogens (tertiary/aromatic N) is 5. The number of imide groups is 1. The number of rotatable bonds is 9. The van der Waals surface area contributed by atoms with Gasteiger partial charge < -0.3 is 15.2 Å². The number of alkyl halides is 7. The number of halogens is 8. The maximum absolute atomic E-state index is 14.0. The molecule has 1 fully saturated rings. The topological polar surface area (TPSA) is 136 Å². The van der Waals surface area contributed by atoms with E-state index in [1.165, 1.54) is 19.1 Å². The molecule has 0 spiro atoms. The molecule has 1 aromatic heterocycles. The molecule has 1 saturated carbocycles. The van der Waals surface area contributed by atoms with Crippen molar-refractivity contribution in [3.05, 3.63) is 46.2 Å². The van der Waals surface area contributed by atoms with E-state index in [9.17, 15) is 45.6 Å². The number of aryl methyl sites for hydroxylation is 1. The summed E-state index contributed by atoms with van der Waals surface area (Å²) >= 11 is 6.19. The fourth-order valence-electron chi connectivity index (χ4n) is 3.65. The Labute approximate surface area is 237 Å². The van der Waals surface area contributed by atoms with E-state index in [2.05, 4.69) is 14.8 Å². The van der Waals surface area contributed by atoms with Gasteiger partial charge in [0.05, 0.1) is 23.3 Å². The Morgan fingerprint density at radius 3 is 2.45 bits per heavy atom. The number of allylic oxidation sites excluding steroid dienone is 1. The molecule has 1 aliphatic carbocycles. The summed E-state index contributed by atoms with van der Waals surface area (Å²) in [7, 11) is 0.860. The van der Waals surface area contributed by atoms with Gasteiger partial charge in [-0.05, 0) is 37.5 Å². The van der Waals surface area contributed by atoms with E-state index in [0.29, 0.717) is 9.58 Å². The standard InChI is InChI=1S/C24H20ClF7N6O4/c1-3-41-21(40)38(22(11-34)6-7-22)19(39)14-8-12(4-5-15(14)25)13(9-33)10-35-18-16(42-20(26)27)17(36-37(18)2)23(28,29)24(30,31)32/h4-5,8-10,20H,3,6-7,33H2,1-2H3/b13-9+,35-10+. The molecule has 3 rings (SSSR count). The summed E-state index contributed by atoms with van der Waals surface area (Å²) in [5, 5.41) is 12.4. The first-order valence-electron chi connectivity index (χ1n) is 11.7. The quantitative estimate of drug-likeness (QED) is 0.280. The van der Waals surface area contributed by atoms with Gasteiger partial charge in [-0.1, -0.05) is 17.7 Å². The van der Waals surface area contributed by atoms with Gasteiger partial charge in [0, 0.05) is 25.0 Å². The highest BCUT2D eigenvalue weighted by atomic mass is 35.5. The molecule has 18 heteroatoms. The average Bonchev–Trinajstić information content (AvgIpc) is 3.62. The monoisotopic (exact) mass is 624 g/mol. The molecule has 226 valence electrons. The summed E-state index contributed by atoms with van der Waals surface area (Å²) in [4.78, 5) is 30.3. The van der Waals surface area contributed by atoms with Crippen LogP contribution in [0.1, 0.15) is 41.4 Å². The number of hydrogen-bond acceptors (Lipinski definition) is 8. The molecule has 1 heterocycles. The summed E-state index contributed by atoms with van der Waals surface area (Å²) in [6, 6.07) is 5.56. The van der Waals surface area contributed by atoms with Crippen LogP contribution in [0.25, 0.3) is 5.57 Å². The predicted molar refractivity (Wildman–Crippen MR) is 132 cm³/mol. The first kappa shape index (κ1) is 32.2. The molecule has 2 amide bonds. The molecule has 10 nitrogen and oxygen atoms in total. The highest BCUT2D eigenvalue weighted by molar-refractivity contribution is 6.34. The van der Waals surface area contributed by atoms with Crippen molar-refractivity contribution in [1.29, 1.82) is 5.26 Å². The highest BCUT2D eigenvalue weighted by Gasteiger charge is 2.62. The molecule has 0 aliphatic heterocycles. The van der Waals surface area contributed by atoms with Crippen LogP contribution in [0, 0.1) is 11.3 Å². The van der Waals surface area contributed by atoms with E-state index < -0.39 is 53.5 Å². The number of nitriles is 1. The molecule has 0 bridgehead atoms. The Balaban J connectivity index is 2.05. The van der Waals surface area contributed by atoms with Crippen molar-refractivity contribution in [3.63, 3.8) is 0 Å². The zero-order chi connectivity index (χ0) is 31.6. The third-order valence-corrected chi connectivity index (χ3v) is 6.21. The molecule has 2 N–H and O–H groups in total. The lowest BCUT2D eigenvalue weighted by Gasteiger charge is -2.25. The zero-order valence-electron chi connectivity index (χ0n) is 21.6. The molecule has 0 atom stereocenters. The second-order valence-corrected chi connectivity index (χ2v) is 9.04. The smallest absolute Gasteiger partial charge is 0.449 e. The van der Waals surface area contributed by atoms with Crippen LogP contribution < -0.4 is 10.5 Å². The van der Waals surface area contributed by atoms with Crippen LogP contribution in [0.2, 0.25) is 5.02 Å². The molecule has 1 aliphatic rings. The minimum atomic E-state index is -6.20. The van der Waals surface area contributed by atoms with E-state index in [4.69, 9.17) is 22.1 Å². The fraction of sp³-hybridized carbons (Fsp3) is 0.375. The highest BCUT2D eigenvalue weighted by Crippen LogP contribution is 2.49. The lowest BCUT2D eigenvalue weighted by Crippen LogP contribution is -2.46. The van der Waals surface area contributed by atoms with Crippen LogP contribution in [0.4, 0.5) is 41.3 Å². The second kappa shape index (κ2) is 11.9. The van der Waals surface area contributed by atoms with Crippen molar-refractivity contribution in [2.45, 2.75) is 44.0 Å². The van der Waals surface area contributed by atoms with Crippen LogP contribution in [0.5, 0.6) is 5.75 Å². The van der Waals surface area contributed by atoms with Crippen molar-refractivity contribution in [1.82, 2.24) is 14.7 Å². The van der Waals surface area contributed by atoms with Crippen molar-refractivity contribution in [3.8, 4) is 11.8 Å². The van der Waals surface area contributed by atoms with Gasteiger partial charge in [-0.3, -0.25) is 4.79 Å². The number of hydrogen-bond donors (Lipinski definition) is 1. The predicted octanol–water partition coefficient (Wildman–Crippen LogP) is 5.69. The number of carbonyl (C=O) groups is 2. The van der Waals surface area contributed by atoms with E-state index in [1.54, 1.807) is 0 Å². The molecule has 2 aromatic rings. The molecule has 0 saturated heterocycles. The first-order chi connectivity index (χ1) is 19.5. The second-order valence-electron chi connectivity index (χ2n) is 8.63. The largest absolute Gasteiger partial charge is 0.459 e. The van der Waals surface area contributed by atoms with E-state index in [1.807, 2.05) is 6.07 Å². The third kappa shape index (κ3) is 6.12. The lowest BCUT2D eigenvalue weighted by molar-refractivity contribution is -0.291. The number of aromatic nitrogens is 2. The fourth-order valence-corrected chi connectivity index (χ4v) is 3.85. The SMILES string of the molecule is CCOC(=O)N(C(=O)c1cc(C(=C/N)/C=N/c2c(OC(F)F)c(C(F)(F)C(F)(F)F)nn2C)ccc1Cl)C1(C#N)CC1. The van der Waals surface area contributed by atoms with Gasteiger partial charge >= 0.3 is 24.8 Å². The van der Waals surface area contributed by atoms with Crippen LogP contribution >= 0.6 is 11.6 Å². The summed E-state index contributed by atoms with van der Waals surface area (Å²) in [6.45, 7) is -2.42. The summed E-state index contributed by atoms with van der Waals surface area (Å²) < 4.78 is 102. The number of benzene rings is 1. The number of aliphatic imine (C=N–C) groups is 1. The van der Waals surface area contributed by atoms with Gasteiger partial charge in [0.2, 0.25) is 0 Å². The average molecular weight is 625 g/mol. The number of ether oxygens (including phenoxy) is 2. The Hall–Kier alpha value is -4.33. The molecular weight excluding hydrogens is 605 g/mol. The minimum Gasteiger partial charge on any atom is -0.449 e. The number of carbonyl (C=O) groups excluding carboxylic acids is 2. The maximum Gasteiger partial charge on any atom is 0.459 e. The van der Waals surface area contributed by atoms with E-state index in [0.717, 1.165) is 25.5 Å². The van der Waals surface area contributed by atoms with E-state index in [-0.39, 0.29) is 41.2 Å². The summed E-state index contributed by atoms with van der Waals surface area (Å²) in [6.07, 6.45) is -5.22. The summed E-state index contributed by atoms with van der Waals surface area (Å²) in [5.74, 6) is -9.25. The number of amides is 2. The van der Waals surface area contributed by atoms with Crippen molar-refractivity contribution >= 4 is 41.2 Å². The minimum absolute atomic E-state index is 0.0546. The third-order valence-electron chi connectivity index (χ3n) is 5.88. The van der Waals surface area contributed by atoms with Gasteiger partial charge in [-0.15, -0.1) is 0 Å². The van der Waals surface area contributed by atoms with Crippen molar-refractivity contribution < 1.29 is 49.8 Å². The Kier molecular flexibility index (Phi) is 9.10. The molecule has 42 heavy (non-hydrogen) atoms. The molecule has 0 radical (unpaired) electrons.